The molecule has 2 nitrogen and oxygen atoms in total. The SMILES string of the molecule is C=CCC(Cn1ccnc1)c1ccc(Cl)cc1Cl. The molecular formula is C14H14Cl2N2. The lowest BCUT2D eigenvalue weighted by Crippen LogP contribution is -2.08. The molecule has 0 aliphatic rings. The third kappa shape index (κ3) is 3.15. The molecule has 0 bridgehead atoms. The number of allylic oxidation sites excluding steroid dienone is 1. The van der Waals surface area contributed by atoms with Gasteiger partial charge in [0, 0.05) is 34.9 Å². The smallest absolute Gasteiger partial charge is 0.0946 e. The highest BCUT2D eigenvalue weighted by molar-refractivity contribution is 6.35. The summed E-state index contributed by atoms with van der Waals surface area (Å²) in [5, 5.41) is 1.36. The monoisotopic (exact) mass is 280 g/mol. The maximum atomic E-state index is 6.26. The molecular weight excluding hydrogens is 267 g/mol. The molecule has 1 atom stereocenters. The number of aromatic nitrogens is 2. The van der Waals surface area contributed by atoms with E-state index in [9.17, 15) is 0 Å². The fourth-order valence-corrected chi connectivity index (χ4v) is 2.55. The number of hydrogen-bond donors (Lipinski definition) is 0. The van der Waals surface area contributed by atoms with Gasteiger partial charge in [-0.1, -0.05) is 35.3 Å². The van der Waals surface area contributed by atoms with Crippen molar-refractivity contribution in [3.8, 4) is 0 Å². The van der Waals surface area contributed by atoms with Crippen LogP contribution in [0, 0.1) is 0 Å². The highest BCUT2D eigenvalue weighted by Crippen LogP contribution is 2.31. The molecule has 0 saturated carbocycles. The van der Waals surface area contributed by atoms with Crippen LogP contribution in [0.15, 0.2) is 49.6 Å². The van der Waals surface area contributed by atoms with E-state index in [4.69, 9.17) is 23.2 Å². The Bertz CT molecular complexity index is 521. The third-order valence-corrected chi connectivity index (χ3v) is 3.41. The van der Waals surface area contributed by atoms with E-state index in [0.717, 1.165) is 18.5 Å². The number of rotatable bonds is 5. The summed E-state index contributed by atoms with van der Waals surface area (Å²) in [6.07, 6.45) is 8.29. The molecule has 0 aliphatic heterocycles. The summed E-state index contributed by atoms with van der Waals surface area (Å²) >= 11 is 12.2. The van der Waals surface area contributed by atoms with Crippen LogP contribution in [0.2, 0.25) is 10.0 Å². The summed E-state index contributed by atoms with van der Waals surface area (Å²) in [5.74, 6) is 0.279. The molecule has 1 aromatic carbocycles. The lowest BCUT2D eigenvalue weighted by atomic mass is 9.95. The largest absolute Gasteiger partial charge is 0.337 e. The second kappa shape index (κ2) is 6.07. The number of nitrogens with zero attached hydrogens (tertiary/aromatic N) is 2. The Labute approximate surface area is 117 Å². The third-order valence-electron chi connectivity index (χ3n) is 2.84. The minimum atomic E-state index is 0.279. The van der Waals surface area contributed by atoms with Gasteiger partial charge in [-0.3, -0.25) is 0 Å². The van der Waals surface area contributed by atoms with Gasteiger partial charge >= 0.3 is 0 Å². The Morgan fingerprint density at radius 2 is 2.22 bits per heavy atom. The molecule has 0 saturated heterocycles. The van der Waals surface area contributed by atoms with Crippen molar-refractivity contribution < 1.29 is 0 Å². The van der Waals surface area contributed by atoms with Crippen LogP contribution in [0.5, 0.6) is 0 Å². The van der Waals surface area contributed by atoms with Gasteiger partial charge in [-0.2, -0.15) is 0 Å². The predicted molar refractivity (Wildman–Crippen MR) is 76.2 cm³/mol. The molecule has 1 heterocycles. The maximum Gasteiger partial charge on any atom is 0.0946 e. The zero-order chi connectivity index (χ0) is 13.0. The first-order valence-electron chi connectivity index (χ1n) is 5.72. The molecule has 1 unspecified atom stereocenters. The molecule has 0 spiro atoms. The van der Waals surface area contributed by atoms with Gasteiger partial charge < -0.3 is 4.57 Å². The van der Waals surface area contributed by atoms with E-state index < -0.39 is 0 Å². The predicted octanol–water partition coefficient (Wildman–Crippen LogP) is 4.55. The molecule has 94 valence electrons. The Kier molecular flexibility index (Phi) is 4.45. The van der Waals surface area contributed by atoms with Gasteiger partial charge in [-0.15, -0.1) is 6.58 Å². The zero-order valence-corrected chi connectivity index (χ0v) is 11.4. The first kappa shape index (κ1) is 13.2. The summed E-state index contributed by atoms with van der Waals surface area (Å²) in [6, 6.07) is 5.63. The van der Waals surface area contributed by atoms with Crippen molar-refractivity contribution >= 4 is 23.2 Å². The van der Waals surface area contributed by atoms with E-state index >= 15 is 0 Å². The summed E-state index contributed by atoms with van der Waals surface area (Å²) < 4.78 is 2.04. The van der Waals surface area contributed by atoms with Gasteiger partial charge in [0.1, 0.15) is 0 Å². The number of halogens is 2. The van der Waals surface area contributed by atoms with Gasteiger partial charge in [0.05, 0.1) is 6.33 Å². The van der Waals surface area contributed by atoms with Crippen LogP contribution in [0.1, 0.15) is 17.9 Å². The van der Waals surface area contributed by atoms with Gasteiger partial charge in [0.25, 0.3) is 0 Å². The number of benzene rings is 1. The van der Waals surface area contributed by atoms with E-state index in [2.05, 4.69) is 11.6 Å². The molecule has 18 heavy (non-hydrogen) atoms. The van der Waals surface area contributed by atoms with E-state index in [1.54, 1.807) is 18.6 Å². The second-order valence-corrected chi connectivity index (χ2v) is 4.99. The molecule has 0 fully saturated rings. The van der Waals surface area contributed by atoms with Crippen LogP contribution in [-0.4, -0.2) is 9.55 Å². The van der Waals surface area contributed by atoms with Crippen LogP contribution >= 0.6 is 23.2 Å². The fourth-order valence-electron chi connectivity index (χ4n) is 1.98. The quantitative estimate of drug-likeness (QED) is 0.735. The molecule has 0 N–H and O–H groups in total. The van der Waals surface area contributed by atoms with E-state index in [1.807, 2.05) is 29.0 Å². The highest BCUT2D eigenvalue weighted by Gasteiger charge is 2.14. The summed E-state index contributed by atoms with van der Waals surface area (Å²) in [5.41, 5.74) is 1.09. The average molecular weight is 281 g/mol. The van der Waals surface area contributed by atoms with Crippen LogP contribution in [0.3, 0.4) is 0 Å². The van der Waals surface area contributed by atoms with E-state index in [1.165, 1.54) is 0 Å². The Balaban J connectivity index is 2.26. The molecule has 0 radical (unpaired) electrons. The first-order chi connectivity index (χ1) is 8.70. The summed E-state index contributed by atoms with van der Waals surface area (Å²) in [6.45, 7) is 4.64. The van der Waals surface area contributed by atoms with E-state index in [0.29, 0.717) is 10.0 Å². The van der Waals surface area contributed by atoms with Crippen LogP contribution in [-0.2, 0) is 6.54 Å². The number of hydrogen-bond acceptors (Lipinski definition) is 1. The van der Waals surface area contributed by atoms with Crippen molar-refractivity contribution in [2.45, 2.75) is 18.9 Å². The second-order valence-electron chi connectivity index (χ2n) is 4.15. The minimum Gasteiger partial charge on any atom is -0.337 e. The van der Waals surface area contributed by atoms with Gasteiger partial charge in [-0.05, 0) is 24.1 Å². The Morgan fingerprint density at radius 3 is 2.83 bits per heavy atom. The van der Waals surface area contributed by atoms with Crippen molar-refractivity contribution in [1.82, 2.24) is 9.55 Å². The summed E-state index contributed by atoms with van der Waals surface area (Å²) in [4.78, 5) is 4.05. The Hall–Kier alpha value is -1.25. The first-order valence-corrected chi connectivity index (χ1v) is 6.48. The van der Waals surface area contributed by atoms with Crippen molar-refractivity contribution in [3.05, 3.63) is 65.2 Å². The fraction of sp³-hybridized carbons (Fsp3) is 0.214. The molecule has 1 aromatic heterocycles. The lowest BCUT2D eigenvalue weighted by molar-refractivity contribution is 0.564. The topological polar surface area (TPSA) is 17.8 Å². The average Bonchev–Trinajstić information content (AvgIpc) is 2.81. The maximum absolute atomic E-state index is 6.26. The van der Waals surface area contributed by atoms with Crippen molar-refractivity contribution in [3.63, 3.8) is 0 Å². The van der Waals surface area contributed by atoms with E-state index in [-0.39, 0.29) is 5.92 Å². The molecule has 4 heteroatoms. The van der Waals surface area contributed by atoms with Crippen LogP contribution in [0.25, 0.3) is 0 Å². The van der Waals surface area contributed by atoms with Gasteiger partial charge in [-0.25, -0.2) is 4.98 Å². The lowest BCUT2D eigenvalue weighted by Gasteiger charge is -2.17. The standard InChI is InChI=1S/C14H14Cl2N2/c1-2-3-11(9-18-7-6-17-10-18)13-5-4-12(15)8-14(13)16/h2,4-8,10-11H,1,3,9H2. The van der Waals surface area contributed by atoms with Crippen molar-refractivity contribution in [1.29, 1.82) is 0 Å². The van der Waals surface area contributed by atoms with Gasteiger partial charge in [0.15, 0.2) is 0 Å². The molecule has 0 aliphatic carbocycles. The van der Waals surface area contributed by atoms with Gasteiger partial charge in [0.2, 0.25) is 0 Å². The zero-order valence-electron chi connectivity index (χ0n) is 9.89. The van der Waals surface area contributed by atoms with Crippen LogP contribution < -0.4 is 0 Å². The summed E-state index contributed by atoms with van der Waals surface area (Å²) in [7, 11) is 0. The number of imidazole rings is 1. The highest BCUT2D eigenvalue weighted by atomic mass is 35.5. The molecule has 2 rings (SSSR count). The Morgan fingerprint density at radius 1 is 1.39 bits per heavy atom. The van der Waals surface area contributed by atoms with Crippen molar-refractivity contribution in [2.75, 3.05) is 0 Å². The van der Waals surface area contributed by atoms with Crippen molar-refractivity contribution in [2.24, 2.45) is 0 Å². The normalized spacial score (nSPS) is 12.3. The molecule has 2 aromatic rings. The molecule has 0 amide bonds. The van der Waals surface area contributed by atoms with Crippen LogP contribution in [0.4, 0.5) is 0 Å². The minimum absolute atomic E-state index is 0.279.